The van der Waals surface area contributed by atoms with E-state index in [1.165, 1.54) is 11.1 Å². The van der Waals surface area contributed by atoms with E-state index in [2.05, 4.69) is 23.4 Å². The molecule has 3 rings (SSSR count). The zero-order chi connectivity index (χ0) is 17.6. The molecule has 0 atom stereocenters. The number of benzene rings is 2. The molecular formula is C20H23N3O2. The zero-order valence-electron chi connectivity index (χ0n) is 14.7. The van der Waals surface area contributed by atoms with E-state index in [0.717, 1.165) is 23.1 Å². The lowest BCUT2D eigenvalue weighted by atomic mass is 10.1. The summed E-state index contributed by atoms with van der Waals surface area (Å²) in [5, 5.41) is 8.51. The van der Waals surface area contributed by atoms with Gasteiger partial charge in [0.2, 0.25) is 5.91 Å². The van der Waals surface area contributed by atoms with Crippen LogP contribution in [0.1, 0.15) is 17.5 Å². The molecule has 0 aliphatic rings. The fraction of sp³-hybridized carbons (Fsp3) is 0.300. The number of aryl methyl sites for hydroxylation is 2. The molecular weight excluding hydrogens is 314 g/mol. The molecule has 0 radical (unpaired) electrons. The van der Waals surface area contributed by atoms with Crippen LogP contribution in [0.4, 0.5) is 0 Å². The Morgan fingerprint density at radius 1 is 1.20 bits per heavy atom. The maximum absolute atomic E-state index is 12.1. The molecule has 0 aliphatic heterocycles. The van der Waals surface area contributed by atoms with Crippen molar-refractivity contribution < 1.29 is 9.53 Å². The van der Waals surface area contributed by atoms with Crippen molar-refractivity contribution in [1.29, 1.82) is 0 Å². The van der Waals surface area contributed by atoms with Gasteiger partial charge in [0, 0.05) is 18.4 Å². The Labute approximate surface area is 147 Å². The van der Waals surface area contributed by atoms with Crippen LogP contribution >= 0.6 is 0 Å². The van der Waals surface area contributed by atoms with Crippen LogP contribution in [-0.4, -0.2) is 29.3 Å². The summed E-state index contributed by atoms with van der Waals surface area (Å²) in [4.78, 5) is 12.1. The standard InChI is InChI=1S/C20H23N3O2/c1-15-4-3-5-19-18(15)14-22-23(19)13-11-20(24)21-12-10-16-6-8-17(25-2)9-7-16/h3-9,14H,10-13H2,1-2H3,(H,21,24). The third kappa shape index (κ3) is 4.18. The van der Waals surface area contributed by atoms with Crippen molar-refractivity contribution in [3.8, 4) is 5.75 Å². The minimum atomic E-state index is 0.0461. The number of ether oxygens (including phenoxy) is 1. The minimum absolute atomic E-state index is 0.0461. The third-order valence-corrected chi connectivity index (χ3v) is 4.35. The van der Waals surface area contributed by atoms with Crippen molar-refractivity contribution in [2.24, 2.45) is 0 Å². The van der Waals surface area contributed by atoms with Crippen molar-refractivity contribution in [2.75, 3.05) is 13.7 Å². The summed E-state index contributed by atoms with van der Waals surface area (Å²) in [5.74, 6) is 0.888. The molecule has 0 saturated carbocycles. The highest BCUT2D eigenvalue weighted by Crippen LogP contribution is 2.17. The number of nitrogens with zero attached hydrogens (tertiary/aromatic N) is 2. The summed E-state index contributed by atoms with van der Waals surface area (Å²) in [6, 6.07) is 14.0. The predicted molar refractivity (Wildman–Crippen MR) is 98.8 cm³/mol. The molecule has 0 saturated heterocycles. The summed E-state index contributed by atoms with van der Waals surface area (Å²) >= 11 is 0. The second-order valence-electron chi connectivity index (χ2n) is 6.07. The van der Waals surface area contributed by atoms with Gasteiger partial charge < -0.3 is 10.1 Å². The average molecular weight is 337 g/mol. The molecule has 25 heavy (non-hydrogen) atoms. The third-order valence-electron chi connectivity index (χ3n) is 4.35. The molecule has 1 heterocycles. The van der Waals surface area contributed by atoms with Crippen LogP contribution in [0.15, 0.2) is 48.7 Å². The molecule has 5 nitrogen and oxygen atoms in total. The molecule has 1 amide bonds. The Balaban J connectivity index is 1.46. The Morgan fingerprint density at radius 2 is 2.00 bits per heavy atom. The van der Waals surface area contributed by atoms with Gasteiger partial charge in [0.15, 0.2) is 0 Å². The number of nitrogens with one attached hydrogen (secondary N) is 1. The van der Waals surface area contributed by atoms with Crippen LogP contribution in [0.5, 0.6) is 5.75 Å². The van der Waals surface area contributed by atoms with E-state index in [1.807, 2.05) is 47.3 Å². The number of hydrogen-bond acceptors (Lipinski definition) is 3. The number of hydrogen-bond donors (Lipinski definition) is 1. The van der Waals surface area contributed by atoms with Crippen molar-refractivity contribution >= 4 is 16.8 Å². The number of fused-ring (bicyclic) bond motifs is 1. The first-order valence-electron chi connectivity index (χ1n) is 8.48. The lowest BCUT2D eigenvalue weighted by Gasteiger charge is -2.07. The quantitative estimate of drug-likeness (QED) is 0.721. The topological polar surface area (TPSA) is 56.1 Å². The van der Waals surface area contributed by atoms with Gasteiger partial charge >= 0.3 is 0 Å². The molecule has 0 fully saturated rings. The van der Waals surface area contributed by atoms with Gasteiger partial charge in [-0.25, -0.2) is 0 Å². The molecule has 0 spiro atoms. The Hall–Kier alpha value is -2.82. The highest BCUT2D eigenvalue weighted by atomic mass is 16.5. The lowest BCUT2D eigenvalue weighted by Crippen LogP contribution is -2.26. The fourth-order valence-electron chi connectivity index (χ4n) is 2.86. The maximum atomic E-state index is 12.1. The van der Waals surface area contributed by atoms with Crippen LogP contribution < -0.4 is 10.1 Å². The van der Waals surface area contributed by atoms with Crippen LogP contribution in [0.3, 0.4) is 0 Å². The molecule has 3 aromatic rings. The minimum Gasteiger partial charge on any atom is -0.497 e. The molecule has 2 aromatic carbocycles. The van der Waals surface area contributed by atoms with Gasteiger partial charge in [0.1, 0.15) is 5.75 Å². The van der Waals surface area contributed by atoms with Crippen LogP contribution in [0.2, 0.25) is 0 Å². The van der Waals surface area contributed by atoms with Gasteiger partial charge in [0.05, 0.1) is 25.4 Å². The SMILES string of the molecule is COc1ccc(CCNC(=O)CCn2ncc3c(C)cccc32)cc1. The van der Waals surface area contributed by atoms with Crippen LogP contribution in [0, 0.1) is 6.92 Å². The highest BCUT2D eigenvalue weighted by Gasteiger charge is 2.07. The predicted octanol–water partition coefficient (Wildman–Crippen LogP) is 3.10. The van der Waals surface area contributed by atoms with Crippen LogP contribution in [0.25, 0.3) is 10.9 Å². The van der Waals surface area contributed by atoms with Gasteiger partial charge in [-0.3, -0.25) is 9.48 Å². The lowest BCUT2D eigenvalue weighted by molar-refractivity contribution is -0.121. The summed E-state index contributed by atoms with van der Waals surface area (Å²) in [6.45, 7) is 3.28. The van der Waals surface area contributed by atoms with E-state index in [1.54, 1.807) is 7.11 Å². The fourth-order valence-corrected chi connectivity index (χ4v) is 2.86. The zero-order valence-corrected chi connectivity index (χ0v) is 14.7. The Bertz CT molecular complexity index is 853. The summed E-state index contributed by atoms with van der Waals surface area (Å²) in [6.07, 6.45) is 3.10. The summed E-state index contributed by atoms with van der Waals surface area (Å²) < 4.78 is 7.03. The number of rotatable bonds is 7. The van der Waals surface area contributed by atoms with E-state index in [-0.39, 0.29) is 5.91 Å². The monoisotopic (exact) mass is 337 g/mol. The number of carbonyl (C=O) groups excluding carboxylic acids is 1. The van der Waals surface area contributed by atoms with Crippen molar-refractivity contribution in [3.63, 3.8) is 0 Å². The molecule has 0 bridgehead atoms. The number of amides is 1. The summed E-state index contributed by atoms with van der Waals surface area (Å²) in [7, 11) is 1.65. The molecule has 1 N–H and O–H groups in total. The normalized spacial score (nSPS) is 10.8. The highest BCUT2D eigenvalue weighted by molar-refractivity contribution is 5.82. The Kier molecular flexibility index (Phi) is 5.33. The molecule has 5 heteroatoms. The van der Waals surface area contributed by atoms with E-state index in [9.17, 15) is 4.79 Å². The van der Waals surface area contributed by atoms with Gasteiger partial charge in [-0.05, 0) is 42.7 Å². The Morgan fingerprint density at radius 3 is 2.76 bits per heavy atom. The molecule has 1 aromatic heterocycles. The second-order valence-corrected chi connectivity index (χ2v) is 6.07. The van der Waals surface area contributed by atoms with E-state index in [0.29, 0.717) is 19.5 Å². The largest absolute Gasteiger partial charge is 0.497 e. The maximum Gasteiger partial charge on any atom is 0.221 e. The molecule has 130 valence electrons. The first-order chi connectivity index (χ1) is 12.2. The van der Waals surface area contributed by atoms with E-state index < -0.39 is 0 Å². The van der Waals surface area contributed by atoms with Crippen molar-refractivity contribution in [2.45, 2.75) is 26.3 Å². The van der Waals surface area contributed by atoms with Gasteiger partial charge in [-0.2, -0.15) is 5.10 Å². The van der Waals surface area contributed by atoms with E-state index in [4.69, 9.17) is 4.74 Å². The molecule has 0 aliphatic carbocycles. The van der Waals surface area contributed by atoms with Crippen LogP contribution in [-0.2, 0) is 17.8 Å². The average Bonchev–Trinajstić information content (AvgIpc) is 3.05. The second kappa shape index (κ2) is 7.83. The van der Waals surface area contributed by atoms with Crippen molar-refractivity contribution in [1.82, 2.24) is 15.1 Å². The first kappa shape index (κ1) is 17.0. The summed E-state index contributed by atoms with van der Waals surface area (Å²) in [5.41, 5.74) is 3.45. The van der Waals surface area contributed by atoms with Gasteiger partial charge in [0.25, 0.3) is 0 Å². The number of carbonyl (C=O) groups is 1. The van der Waals surface area contributed by atoms with E-state index >= 15 is 0 Å². The van der Waals surface area contributed by atoms with Gasteiger partial charge in [-0.1, -0.05) is 24.3 Å². The van der Waals surface area contributed by atoms with Gasteiger partial charge in [-0.15, -0.1) is 0 Å². The van der Waals surface area contributed by atoms with Crippen molar-refractivity contribution in [3.05, 3.63) is 59.8 Å². The number of aromatic nitrogens is 2. The first-order valence-corrected chi connectivity index (χ1v) is 8.48. The molecule has 0 unspecified atom stereocenters. The number of methoxy groups -OCH3 is 1. The smallest absolute Gasteiger partial charge is 0.221 e.